The fourth-order valence-electron chi connectivity index (χ4n) is 2.08. The molecular weight excluding hydrogens is 241 g/mol. The SMILES string of the molecule is CCCNC(c1cncnc1)c1cc(F)ccc1C. The number of hydrogen-bond donors (Lipinski definition) is 1. The Labute approximate surface area is 112 Å². The van der Waals surface area contributed by atoms with Crippen molar-refractivity contribution >= 4 is 0 Å². The maximum atomic E-state index is 13.5. The Morgan fingerprint density at radius 3 is 2.68 bits per heavy atom. The van der Waals surface area contributed by atoms with Crippen LogP contribution in [0.1, 0.15) is 36.1 Å². The van der Waals surface area contributed by atoms with Gasteiger partial charge in [-0.2, -0.15) is 0 Å². The predicted octanol–water partition coefficient (Wildman–Crippen LogP) is 3.01. The van der Waals surface area contributed by atoms with Crippen molar-refractivity contribution in [3.05, 3.63) is 59.4 Å². The van der Waals surface area contributed by atoms with E-state index in [-0.39, 0.29) is 11.9 Å². The van der Waals surface area contributed by atoms with Gasteiger partial charge in [0.05, 0.1) is 6.04 Å². The summed E-state index contributed by atoms with van der Waals surface area (Å²) in [6.45, 7) is 4.94. The van der Waals surface area contributed by atoms with Crippen molar-refractivity contribution in [2.75, 3.05) is 6.54 Å². The molecule has 0 aliphatic rings. The molecule has 1 aromatic carbocycles. The molecule has 0 saturated carbocycles. The summed E-state index contributed by atoms with van der Waals surface area (Å²) in [5.41, 5.74) is 2.94. The second-order valence-electron chi connectivity index (χ2n) is 4.56. The van der Waals surface area contributed by atoms with Crippen molar-refractivity contribution in [1.29, 1.82) is 0 Å². The number of hydrogen-bond acceptors (Lipinski definition) is 3. The molecule has 1 N–H and O–H groups in total. The van der Waals surface area contributed by atoms with Crippen LogP contribution in [0.15, 0.2) is 36.9 Å². The molecule has 0 bridgehead atoms. The van der Waals surface area contributed by atoms with Gasteiger partial charge in [-0.1, -0.05) is 13.0 Å². The van der Waals surface area contributed by atoms with E-state index >= 15 is 0 Å². The van der Waals surface area contributed by atoms with E-state index < -0.39 is 0 Å². The Morgan fingerprint density at radius 1 is 1.26 bits per heavy atom. The molecular formula is C15H18FN3. The van der Waals surface area contributed by atoms with Crippen LogP contribution in [-0.2, 0) is 0 Å². The van der Waals surface area contributed by atoms with Gasteiger partial charge in [0.1, 0.15) is 12.1 Å². The lowest BCUT2D eigenvalue weighted by Gasteiger charge is -2.20. The van der Waals surface area contributed by atoms with Gasteiger partial charge in [-0.05, 0) is 43.1 Å². The van der Waals surface area contributed by atoms with E-state index in [2.05, 4.69) is 22.2 Å². The maximum absolute atomic E-state index is 13.5. The van der Waals surface area contributed by atoms with E-state index in [1.165, 1.54) is 12.4 Å². The maximum Gasteiger partial charge on any atom is 0.123 e. The molecule has 0 fully saturated rings. The second kappa shape index (κ2) is 6.38. The van der Waals surface area contributed by atoms with Crippen LogP contribution in [0.3, 0.4) is 0 Å². The molecule has 4 heteroatoms. The van der Waals surface area contributed by atoms with Crippen LogP contribution in [-0.4, -0.2) is 16.5 Å². The summed E-state index contributed by atoms with van der Waals surface area (Å²) in [6.07, 6.45) is 6.05. The first-order chi connectivity index (χ1) is 9.22. The van der Waals surface area contributed by atoms with Gasteiger partial charge in [0, 0.05) is 18.0 Å². The number of aryl methyl sites for hydroxylation is 1. The highest BCUT2D eigenvalue weighted by atomic mass is 19.1. The summed E-state index contributed by atoms with van der Waals surface area (Å²) < 4.78 is 13.5. The lowest BCUT2D eigenvalue weighted by Crippen LogP contribution is -2.24. The molecule has 1 atom stereocenters. The molecule has 19 heavy (non-hydrogen) atoms. The molecule has 3 nitrogen and oxygen atoms in total. The largest absolute Gasteiger partial charge is 0.306 e. The van der Waals surface area contributed by atoms with Gasteiger partial charge in [0.25, 0.3) is 0 Å². The Hall–Kier alpha value is -1.81. The third-order valence-electron chi connectivity index (χ3n) is 3.06. The molecule has 0 aliphatic heterocycles. The van der Waals surface area contributed by atoms with Gasteiger partial charge in [-0.3, -0.25) is 0 Å². The third kappa shape index (κ3) is 3.35. The zero-order chi connectivity index (χ0) is 13.7. The summed E-state index contributed by atoms with van der Waals surface area (Å²) in [5, 5.41) is 3.42. The number of nitrogens with one attached hydrogen (secondary N) is 1. The molecule has 100 valence electrons. The minimum atomic E-state index is -0.222. The summed E-state index contributed by atoms with van der Waals surface area (Å²) >= 11 is 0. The summed E-state index contributed by atoms with van der Waals surface area (Å²) in [6, 6.07) is 4.79. The summed E-state index contributed by atoms with van der Waals surface area (Å²) in [7, 11) is 0. The van der Waals surface area contributed by atoms with Crippen molar-refractivity contribution in [3.63, 3.8) is 0 Å². The first-order valence-corrected chi connectivity index (χ1v) is 6.46. The van der Waals surface area contributed by atoms with E-state index in [0.29, 0.717) is 0 Å². The van der Waals surface area contributed by atoms with Crippen LogP contribution in [0.4, 0.5) is 4.39 Å². The van der Waals surface area contributed by atoms with Gasteiger partial charge in [-0.15, -0.1) is 0 Å². The quantitative estimate of drug-likeness (QED) is 0.897. The van der Waals surface area contributed by atoms with Crippen LogP contribution >= 0.6 is 0 Å². The third-order valence-corrected chi connectivity index (χ3v) is 3.06. The Balaban J connectivity index is 2.40. The molecule has 0 saturated heterocycles. The van der Waals surface area contributed by atoms with Crippen molar-refractivity contribution in [2.24, 2.45) is 0 Å². The number of benzene rings is 1. The molecule has 1 heterocycles. The average molecular weight is 259 g/mol. The lowest BCUT2D eigenvalue weighted by atomic mass is 9.96. The highest BCUT2D eigenvalue weighted by Crippen LogP contribution is 2.24. The van der Waals surface area contributed by atoms with Crippen LogP contribution in [0.5, 0.6) is 0 Å². The van der Waals surface area contributed by atoms with E-state index in [9.17, 15) is 4.39 Å². The monoisotopic (exact) mass is 259 g/mol. The molecule has 1 unspecified atom stereocenters. The predicted molar refractivity (Wildman–Crippen MR) is 73.3 cm³/mol. The highest BCUT2D eigenvalue weighted by molar-refractivity contribution is 5.35. The number of aromatic nitrogens is 2. The van der Waals surface area contributed by atoms with Crippen LogP contribution in [0, 0.1) is 12.7 Å². The normalized spacial score (nSPS) is 12.4. The molecule has 2 rings (SSSR count). The summed E-state index contributed by atoms with van der Waals surface area (Å²) in [4.78, 5) is 8.09. The zero-order valence-corrected chi connectivity index (χ0v) is 11.2. The second-order valence-corrected chi connectivity index (χ2v) is 4.56. The van der Waals surface area contributed by atoms with E-state index in [4.69, 9.17) is 0 Å². The van der Waals surface area contributed by atoms with Crippen LogP contribution in [0.2, 0.25) is 0 Å². The summed E-state index contributed by atoms with van der Waals surface area (Å²) in [5.74, 6) is -0.222. The molecule has 0 spiro atoms. The number of rotatable bonds is 5. The topological polar surface area (TPSA) is 37.8 Å². The number of halogens is 1. The first kappa shape index (κ1) is 13.6. The van der Waals surface area contributed by atoms with E-state index in [1.54, 1.807) is 24.5 Å². The van der Waals surface area contributed by atoms with E-state index in [1.807, 2.05) is 6.92 Å². The van der Waals surface area contributed by atoms with Crippen LogP contribution in [0.25, 0.3) is 0 Å². The van der Waals surface area contributed by atoms with E-state index in [0.717, 1.165) is 29.7 Å². The lowest BCUT2D eigenvalue weighted by molar-refractivity contribution is 0.580. The van der Waals surface area contributed by atoms with Crippen LogP contribution < -0.4 is 5.32 Å². The van der Waals surface area contributed by atoms with Crippen molar-refractivity contribution < 1.29 is 4.39 Å². The average Bonchev–Trinajstić information content (AvgIpc) is 2.44. The Kier molecular flexibility index (Phi) is 4.58. The number of nitrogens with zero attached hydrogens (tertiary/aromatic N) is 2. The van der Waals surface area contributed by atoms with Gasteiger partial charge < -0.3 is 5.32 Å². The highest BCUT2D eigenvalue weighted by Gasteiger charge is 2.16. The van der Waals surface area contributed by atoms with Crippen molar-refractivity contribution in [2.45, 2.75) is 26.3 Å². The molecule has 0 amide bonds. The van der Waals surface area contributed by atoms with Gasteiger partial charge in [0.2, 0.25) is 0 Å². The van der Waals surface area contributed by atoms with Gasteiger partial charge in [-0.25, -0.2) is 14.4 Å². The molecule has 2 aromatic rings. The molecule has 0 aliphatic carbocycles. The zero-order valence-electron chi connectivity index (χ0n) is 11.2. The Bertz CT molecular complexity index is 528. The minimum Gasteiger partial charge on any atom is -0.306 e. The molecule has 0 radical (unpaired) electrons. The van der Waals surface area contributed by atoms with Crippen molar-refractivity contribution in [3.8, 4) is 0 Å². The van der Waals surface area contributed by atoms with Gasteiger partial charge >= 0.3 is 0 Å². The smallest absolute Gasteiger partial charge is 0.123 e. The first-order valence-electron chi connectivity index (χ1n) is 6.46. The van der Waals surface area contributed by atoms with Crippen molar-refractivity contribution in [1.82, 2.24) is 15.3 Å². The fourth-order valence-corrected chi connectivity index (χ4v) is 2.08. The molecule has 1 aromatic heterocycles. The minimum absolute atomic E-state index is 0.0724. The Morgan fingerprint density at radius 2 is 2.00 bits per heavy atom. The van der Waals surface area contributed by atoms with Gasteiger partial charge in [0.15, 0.2) is 0 Å². The fraction of sp³-hybridized carbons (Fsp3) is 0.333. The standard InChI is InChI=1S/C15H18FN3/c1-3-6-19-15(12-8-17-10-18-9-12)14-7-13(16)5-4-11(14)2/h4-5,7-10,15,19H,3,6H2,1-2H3.